The molecule has 2 aliphatic rings. The first kappa shape index (κ1) is 11.3. The summed E-state index contributed by atoms with van der Waals surface area (Å²) in [6.07, 6.45) is 4.98. The molecule has 0 aromatic rings. The smallest absolute Gasteiger partial charge is 0.236 e. The first-order chi connectivity index (χ1) is 7.19. The summed E-state index contributed by atoms with van der Waals surface area (Å²) < 4.78 is 0. The molecular formula is C11H20N2OS. The molecule has 0 radical (unpaired) electrons. The molecule has 1 aliphatic carbocycles. The molecule has 2 rings (SSSR count). The Bertz CT molecular complexity index is 259. The molecule has 1 heterocycles. The van der Waals surface area contributed by atoms with Gasteiger partial charge in [-0.15, -0.1) is 0 Å². The van der Waals surface area contributed by atoms with Crippen molar-refractivity contribution in [2.24, 2.45) is 17.1 Å². The van der Waals surface area contributed by atoms with E-state index in [2.05, 4.69) is 12.6 Å². The highest BCUT2D eigenvalue weighted by atomic mass is 32.1. The van der Waals surface area contributed by atoms with Crippen LogP contribution in [0.3, 0.4) is 0 Å². The summed E-state index contributed by atoms with van der Waals surface area (Å²) in [6, 6.07) is 0. The number of thiol groups is 1. The lowest BCUT2D eigenvalue weighted by Crippen LogP contribution is -2.35. The number of carbonyl (C=O) groups is 1. The molecule has 1 spiro atoms. The SMILES string of the molecule is NCC(=O)N1CC[C@@]2(CC[C@H](CS)C2)C1. The molecular weight excluding hydrogens is 208 g/mol. The van der Waals surface area contributed by atoms with Crippen molar-refractivity contribution in [3.05, 3.63) is 0 Å². The zero-order valence-corrected chi connectivity index (χ0v) is 10.0. The first-order valence-corrected chi connectivity index (χ1v) is 6.41. The van der Waals surface area contributed by atoms with E-state index in [1.54, 1.807) is 0 Å². The van der Waals surface area contributed by atoms with Crippen molar-refractivity contribution in [1.29, 1.82) is 0 Å². The van der Waals surface area contributed by atoms with Crippen molar-refractivity contribution in [2.75, 3.05) is 25.4 Å². The van der Waals surface area contributed by atoms with Crippen LogP contribution >= 0.6 is 12.6 Å². The lowest BCUT2D eigenvalue weighted by atomic mass is 9.85. The Morgan fingerprint density at radius 3 is 2.93 bits per heavy atom. The maximum absolute atomic E-state index is 11.5. The van der Waals surface area contributed by atoms with E-state index < -0.39 is 0 Å². The average molecular weight is 228 g/mol. The molecule has 2 atom stereocenters. The summed E-state index contributed by atoms with van der Waals surface area (Å²) in [5.41, 5.74) is 5.80. The van der Waals surface area contributed by atoms with E-state index in [0.717, 1.165) is 24.8 Å². The van der Waals surface area contributed by atoms with Crippen LogP contribution in [0.15, 0.2) is 0 Å². The third-order valence-electron chi connectivity index (χ3n) is 4.03. The van der Waals surface area contributed by atoms with Gasteiger partial charge in [-0.2, -0.15) is 12.6 Å². The Labute approximate surface area is 96.8 Å². The number of rotatable bonds is 2. The Balaban J connectivity index is 1.94. The van der Waals surface area contributed by atoms with Gasteiger partial charge in [-0.25, -0.2) is 0 Å². The van der Waals surface area contributed by atoms with Gasteiger partial charge < -0.3 is 10.6 Å². The van der Waals surface area contributed by atoms with Crippen molar-refractivity contribution in [2.45, 2.75) is 25.7 Å². The lowest BCUT2D eigenvalue weighted by Gasteiger charge is -2.23. The van der Waals surface area contributed by atoms with Crippen LogP contribution in [0.5, 0.6) is 0 Å². The summed E-state index contributed by atoms with van der Waals surface area (Å²) in [7, 11) is 0. The van der Waals surface area contributed by atoms with Crippen molar-refractivity contribution < 1.29 is 4.79 Å². The molecule has 0 aromatic carbocycles. The predicted molar refractivity (Wildman–Crippen MR) is 63.9 cm³/mol. The Morgan fingerprint density at radius 2 is 2.33 bits per heavy atom. The first-order valence-electron chi connectivity index (χ1n) is 5.78. The molecule has 3 nitrogen and oxygen atoms in total. The summed E-state index contributed by atoms with van der Waals surface area (Å²) in [6.45, 7) is 2.01. The molecule has 1 saturated carbocycles. The molecule has 2 N–H and O–H groups in total. The van der Waals surface area contributed by atoms with Crippen molar-refractivity contribution in [3.63, 3.8) is 0 Å². The van der Waals surface area contributed by atoms with Crippen LogP contribution in [0.1, 0.15) is 25.7 Å². The van der Waals surface area contributed by atoms with Gasteiger partial charge in [-0.3, -0.25) is 4.79 Å². The fraction of sp³-hybridized carbons (Fsp3) is 0.909. The van der Waals surface area contributed by atoms with E-state index in [-0.39, 0.29) is 12.5 Å². The van der Waals surface area contributed by atoms with Gasteiger partial charge in [0.25, 0.3) is 0 Å². The van der Waals surface area contributed by atoms with Gasteiger partial charge in [0.05, 0.1) is 6.54 Å². The zero-order valence-electron chi connectivity index (χ0n) is 9.11. The van der Waals surface area contributed by atoms with Crippen LogP contribution < -0.4 is 5.73 Å². The molecule has 86 valence electrons. The summed E-state index contributed by atoms with van der Waals surface area (Å²) in [4.78, 5) is 13.4. The maximum atomic E-state index is 11.5. The van der Waals surface area contributed by atoms with Gasteiger partial charge in [0.2, 0.25) is 5.91 Å². The minimum Gasteiger partial charge on any atom is -0.341 e. The normalized spacial score (nSPS) is 35.3. The highest BCUT2D eigenvalue weighted by Crippen LogP contribution is 2.48. The Hall–Kier alpha value is -0.220. The summed E-state index contributed by atoms with van der Waals surface area (Å²) in [5, 5.41) is 0. The van der Waals surface area contributed by atoms with Crippen LogP contribution in [0, 0.1) is 11.3 Å². The van der Waals surface area contributed by atoms with Gasteiger partial charge in [0, 0.05) is 13.1 Å². The second-order valence-electron chi connectivity index (χ2n) is 5.06. The second-order valence-corrected chi connectivity index (χ2v) is 5.43. The number of nitrogens with two attached hydrogens (primary N) is 1. The van der Waals surface area contributed by atoms with Gasteiger partial charge in [-0.05, 0) is 42.8 Å². The van der Waals surface area contributed by atoms with Crippen molar-refractivity contribution in [1.82, 2.24) is 4.90 Å². The monoisotopic (exact) mass is 228 g/mol. The molecule has 0 bridgehead atoms. The molecule has 4 heteroatoms. The molecule has 1 saturated heterocycles. The van der Waals surface area contributed by atoms with Gasteiger partial charge in [0.15, 0.2) is 0 Å². The fourth-order valence-corrected chi connectivity index (χ4v) is 3.44. The van der Waals surface area contributed by atoms with Crippen molar-refractivity contribution >= 4 is 18.5 Å². The molecule has 0 aromatic heterocycles. The molecule has 2 fully saturated rings. The highest BCUT2D eigenvalue weighted by molar-refractivity contribution is 7.80. The van der Waals surface area contributed by atoms with E-state index >= 15 is 0 Å². The van der Waals surface area contributed by atoms with Crippen LogP contribution in [0.4, 0.5) is 0 Å². The Kier molecular flexibility index (Phi) is 3.26. The largest absolute Gasteiger partial charge is 0.341 e. The van der Waals surface area contributed by atoms with E-state index in [4.69, 9.17) is 5.73 Å². The quantitative estimate of drug-likeness (QED) is 0.690. The van der Waals surface area contributed by atoms with Crippen LogP contribution in [0.25, 0.3) is 0 Å². The van der Waals surface area contributed by atoms with Crippen LogP contribution in [-0.4, -0.2) is 36.2 Å². The molecule has 1 aliphatic heterocycles. The lowest BCUT2D eigenvalue weighted by molar-refractivity contribution is -0.129. The van der Waals surface area contributed by atoms with Gasteiger partial charge in [0.1, 0.15) is 0 Å². The number of likely N-dealkylation sites (tertiary alicyclic amines) is 1. The third kappa shape index (κ3) is 2.16. The minimum absolute atomic E-state index is 0.112. The number of nitrogens with zero attached hydrogens (tertiary/aromatic N) is 1. The summed E-state index contributed by atoms with van der Waals surface area (Å²) in [5.74, 6) is 1.87. The topological polar surface area (TPSA) is 46.3 Å². The fourth-order valence-electron chi connectivity index (χ4n) is 3.13. The van der Waals surface area contributed by atoms with Crippen molar-refractivity contribution in [3.8, 4) is 0 Å². The predicted octanol–water partition coefficient (Wildman–Crippen LogP) is 0.894. The van der Waals surface area contributed by atoms with Gasteiger partial charge in [-0.1, -0.05) is 0 Å². The average Bonchev–Trinajstić information content (AvgIpc) is 2.86. The third-order valence-corrected chi connectivity index (χ3v) is 4.54. The number of hydrogen-bond acceptors (Lipinski definition) is 3. The zero-order chi connectivity index (χ0) is 10.9. The molecule has 1 amide bonds. The molecule has 15 heavy (non-hydrogen) atoms. The van der Waals surface area contributed by atoms with E-state index in [9.17, 15) is 4.79 Å². The van der Waals surface area contributed by atoms with Gasteiger partial charge >= 0.3 is 0 Å². The van der Waals surface area contributed by atoms with E-state index in [0.29, 0.717) is 5.41 Å². The summed E-state index contributed by atoms with van der Waals surface area (Å²) >= 11 is 4.37. The Morgan fingerprint density at radius 1 is 1.53 bits per heavy atom. The maximum Gasteiger partial charge on any atom is 0.236 e. The highest BCUT2D eigenvalue weighted by Gasteiger charge is 2.44. The standard InChI is InChI=1S/C11H20N2OS/c12-6-10(14)13-4-3-11(8-13)2-1-9(5-11)7-15/h9,15H,1-8,12H2/t9-,11+/m0/s1. The number of amides is 1. The second kappa shape index (κ2) is 4.34. The van der Waals surface area contributed by atoms with Crippen LogP contribution in [-0.2, 0) is 4.79 Å². The van der Waals surface area contributed by atoms with E-state index in [1.807, 2.05) is 4.90 Å². The van der Waals surface area contributed by atoms with E-state index in [1.165, 1.54) is 25.7 Å². The number of hydrogen-bond donors (Lipinski definition) is 2. The van der Waals surface area contributed by atoms with Crippen LogP contribution in [0.2, 0.25) is 0 Å². The minimum atomic E-state index is 0.112. The number of carbonyl (C=O) groups excluding carboxylic acids is 1. The molecule has 0 unspecified atom stereocenters.